The molecule has 2 atom stereocenters. The van der Waals surface area contributed by atoms with Crippen LogP contribution in [0.2, 0.25) is 0 Å². The lowest BCUT2D eigenvalue weighted by Gasteiger charge is -2.15. The zero-order valence-corrected chi connectivity index (χ0v) is 12.5. The SMILES string of the molecule is CC(CC(O)c1ccco1)NC(=O)/C=C/c1c(F)cccc1F. The molecule has 1 aromatic carbocycles. The third kappa shape index (κ3) is 4.75. The molecule has 0 saturated carbocycles. The lowest BCUT2D eigenvalue weighted by Crippen LogP contribution is -2.32. The number of rotatable bonds is 6. The van der Waals surface area contributed by atoms with Crippen molar-refractivity contribution in [3.05, 3.63) is 65.6 Å². The molecule has 6 heteroatoms. The summed E-state index contributed by atoms with van der Waals surface area (Å²) in [5.74, 6) is -1.58. The third-order valence-electron chi connectivity index (χ3n) is 3.24. The summed E-state index contributed by atoms with van der Waals surface area (Å²) in [7, 11) is 0. The van der Waals surface area contributed by atoms with Gasteiger partial charge in [0.25, 0.3) is 0 Å². The largest absolute Gasteiger partial charge is 0.467 e. The Morgan fingerprint density at radius 1 is 1.30 bits per heavy atom. The molecule has 2 rings (SSSR count). The van der Waals surface area contributed by atoms with E-state index in [1.165, 1.54) is 12.3 Å². The van der Waals surface area contributed by atoms with Crippen LogP contribution in [0.1, 0.15) is 30.8 Å². The highest BCUT2D eigenvalue weighted by molar-refractivity contribution is 5.91. The molecule has 2 N–H and O–H groups in total. The number of aliphatic hydroxyl groups excluding tert-OH is 1. The van der Waals surface area contributed by atoms with Crippen LogP contribution in [0.25, 0.3) is 6.08 Å². The highest BCUT2D eigenvalue weighted by atomic mass is 19.1. The smallest absolute Gasteiger partial charge is 0.244 e. The standard InChI is InChI=1S/C17H17F2NO3/c1-11(10-15(21)16-6-3-9-23-16)20-17(22)8-7-12-13(18)4-2-5-14(12)19/h2-9,11,15,21H,10H2,1H3,(H,20,22)/b8-7+. The average molecular weight is 321 g/mol. The molecule has 2 unspecified atom stereocenters. The summed E-state index contributed by atoms with van der Waals surface area (Å²) in [4.78, 5) is 11.8. The van der Waals surface area contributed by atoms with Crippen molar-refractivity contribution in [2.45, 2.75) is 25.5 Å². The summed E-state index contributed by atoms with van der Waals surface area (Å²) < 4.78 is 31.9. The van der Waals surface area contributed by atoms with E-state index in [4.69, 9.17) is 4.42 Å². The molecule has 0 aliphatic rings. The molecule has 1 amide bonds. The van der Waals surface area contributed by atoms with Crippen molar-refractivity contribution in [2.75, 3.05) is 0 Å². The van der Waals surface area contributed by atoms with E-state index in [0.717, 1.165) is 24.3 Å². The predicted octanol–water partition coefficient (Wildman–Crippen LogP) is 3.20. The zero-order chi connectivity index (χ0) is 16.8. The second-order valence-corrected chi connectivity index (χ2v) is 5.15. The number of hydrogen-bond acceptors (Lipinski definition) is 3. The average Bonchev–Trinajstić information content (AvgIpc) is 3.00. The summed E-state index contributed by atoms with van der Waals surface area (Å²) in [6.45, 7) is 1.71. The van der Waals surface area contributed by atoms with Gasteiger partial charge in [0, 0.05) is 24.1 Å². The van der Waals surface area contributed by atoms with E-state index in [1.54, 1.807) is 19.1 Å². The minimum atomic E-state index is -0.840. The van der Waals surface area contributed by atoms with E-state index in [0.29, 0.717) is 5.76 Å². The highest BCUT2D eigenvalue weighted by Crippen LogP contribution is 2.18. The monoisotopic (exact) mass is 321 g/mol. The second-order valence-electron chi connectivity index (χ2n) is 5.15. The van der Waals surface area contributed by atoms with Crippen molar-refractivity contribution in [2.24, 2.45) is 0 Å². The predicted molar refractivity (Wildman–Crippen MR) is 81.3 cm³/mol. The van der Waals surface area contributed by atoms with Crippen molar-refractivity contribution in [3.63, 3.8) is 0 Å². The van der Waals surface area contributed by atoms with Crippen molar-refractivity contribution in [1.82, 2.24) is 5.32 Å². The Hall–Kier alpha value is -2.47. The van der Waals surface area contributed by atoms with Gasteiger partial charge in [0.2, 0.25) is 5.91 Å². The van der Waals surface area contributed by atoms with E-state index < -0.39 is 23.6 Å². The Morgan fingerprint density at radius 2 is 2.00 bits per heavy atom. The molecule has 0 aliphatic carbocycles. The Bertz CT molecular complexity index is 663. The van der Waals surface area contributed by atoms with Crippen LogP contribution in [0.3, 0.4) is 0 Å². The Kier molecular flexibility index (Phi) is 5.65. The number of halogens is 2. The first-order valence-electron chi connectivity index (χ1n) is 7.11. The van der Waals surface area contributed by atoms with Crippen LogP contribution in [0.15, 0.2) is 47.1 Å². The van der Waals surface area contributed by atoms with E-state index in [1.807, 2.05) is 0 Å². The van der Waals surface area contributed by atoms with Crippen molar-refractivity contribution in [1.29, 1.82) is 0 Å². The van der Waals surface area contributed by atoms with Gasteiger partial charge in [-0.15, -0.1) is 0 Å². The van der Waals surface area contributed by atoms with Crippen molar-refractivity contribution < 1.29 is 23.1 Å². The second kappa shape index (κ2) is 7.69. The fourth-order valence-electron chi connectivity index (χ4n) is 2.11. The molecule has 4 nitrogen and oxygen atoms in total. The third-order valence-corrected chi connectivity index (χ3v) is 3.24. The topological polar surface area (TPSA) is 62.5 Å². The summed E-state index contributed by atoms with van der Waals surface area (Å²) in [6, 6.07) is 6.43. The first kappa shape index (κ1) is 16.9. The number of furan rings is 1. The molecule has 0 radical (unpaired) electrons. The fourth-order valence-corrected chi connectivity index (χ4v) is 2.11. The summed E-state index contributed by atoms with van der Waals surface area (Å²) in [5.41, 5.74) is -0.272. The lowest BCUT2D eigenvalue weighted by molar-refractivity contribution is -0.117. The number of carbonyl (C=O) groups is 1. The quantitative estimate of drug-likeness (QED) is 0.803. The van der Waals surface area contributed by atoms with Gasteiger partial charge in [0.15, 0.2) is 0 Å². The number of amides is 1. The normalized spacial score (nSPS) is 13.9. The molecule has 1 aromatic heterocycles. The Balaban J connectivity index is 1.90. The van der Waals surface area contributed by atoms with E-state index in [-0.39, 0.29) is 18.0 Å². The fraction of sp³-hybridized carbons (Fsp3) is 0.235. The van der Waals surface area contributed by atoms with Crippen molar-refractivity contribution >= 4 is 12.0 Å². The molecule has 0 fully saturated rings. The maximum absolute atomic E-state index is 13.4. The summed E-state index contributed by atoms with van der Waals surface area (Å²) >= 11 is 0. The van der Waals surface area contributed by atoms with Crippen LogP contribution in [0.5, 0.6) is 0 Å². The van der Waals surface area contributed by atoms with Gasteiger partial charge in [-0.2, -0.15) is 0 Å². The zero-order valence-electron chi connectivity index (χ0n) is 12.5. The number of hydrogen-bond donors (Lipinski definition) is 2. The summed E-state index contributed by atoms with van der Waals surface area (Å²) in [6.07, 6.45) is 3.00. The van der Waals surface area contributed by atoms with Gasteiger partial charge < -0.3 is 14.8 Å². The molecule has 2 aromatic rings. The van der Waals surface area contributed by atoms with Crippen LogP contribution in [0.4, 0.5) is 8.78 Å². The first-order valence-corrected chi connectivity index (χ1v) is 7.11. The molecule has 0 aliphatic heterocycles. The van der Waals surface area contributed by atoms with Crippen molar-refractivity contribution in [3.8, 4) is 0 Å². The molecule has 23 heavy (non-hydrogen) atoms. The minimum Gasteiger partial charge on any atom is -0.467 e. The van der Waals surface area contributed by atoms with Crippen LogP contribution in [-0.2, 0) is 4.79 Å². The number of nitrogens with one attached hydrogen (secondary N) is 1. The number of aliphatic hydroxyl groups is 1. The molecule has 0 bridgehead atoms. The first-order chi connectivity index (χ1) is 11.0. The molecular formula is C17H17F2NO3. The van der Waals surface area contributed by atoms with Crippen LogP contribution < -0.4 is 5.32 Å². The molecule has 122 valence electrons. The van der Waals surface area contributed by atoms with Gasteiger partial charge in [-0.3, -0.25) is 4.79 Å². The Morgan fingerprint density at radius 3 is 2.61 bits per heavy atom. The van der Waals surface area contributed by atoms with Gasteiger partial charge in [-0.25, -0.2) is 8.78 Å². The summed E-state index contributed by atoms with van der Waals surface area (Å²) in [5, 5.41) is 12.5. The number of benzene rings is 1. The van der Waals surface area contributed by atoms with E-state index >= 15 is 0 Å². The maximum Gasteiger partial charge on any atom is 0.244 e. The van der Waals surface area contributed by atoms with Crippen LogP contribution >= 0.6 is 0 Å². The Labute approximate surface area is 132 Å². The van der Waals surface area contributed by atoms with Crippen LogP contribution in [0, 0.1) is 11.6 Å². The van der Waals surface area contributed by atoms with Gasteiger partial charge in [-0.1, -0.05) is 6.07 Å². The van der Waals surface area contributed by atoms with Gasteiger partial charge >= 0.3 is 0 Å². The van der Waals surface area contributed by atoms with Crippen LogP contribution in [-0.4, -0.2) is 17.1 Å². The molecule has 1 heterocycles. The maximum atomic E-state index is 13.4. The molecule has 0 saturated heterocycles. The highest BCUT2D eigenvalue weighted by Gasteiger charge is 2.15. The molecular weight excluding hydrogens is 304 g/mol. The minimum absolute atomic E-state index is 0.251. The van der Waals surface area contributed by atoms with Gasteiger partial charge in [-0.05, 0) is 37.3 Å². The van der Waals surface area contributed by atoms with Gasteiger partial charge in [0.1, 0.15) is 23.5 Å². The van der Waals surface area contributed by atoms with E-state index in [9.17, 15) is 18.7 Å². The van der Waals surface area contributed by atoms with Gasteiger partial charge in [0.05, 0.1) is 6.26 Å². The molecule has 0 spiro atoms. The van der Waals surface area contributed by atoms with E-state index in [2.05, 4.69) is 5.32 Å². The lowest BCUT2D eigenvalue weighted by atomic mass is 10.1. The number of carbonyl (C=O) groups excluding carboxylic acids is 1.